The minimum Gasteiger partial charge on any atom is -0.497 e. The molecule has 1 aliphatic rings. The van der Waals surface area contributed by atoms with Gasteiger partial charge in [0, 0.05) is 31.9 Å². The molecule has 2 N–H and O–H groups in total. The van der Waals surface area contributed by atoms with E-state index in [1.807, 2.05) is 42.8 Å². The molecule has 0 spiro atoms. The third-order valence-electron chi connectivity index (χ3n) is 6.06. The average molecular weight is 575 g/mol. The van der Waals surface area contributed by atoms with Crippen molar-refractivity contribution in [3.63, 3.8) is 0 Å². The first kappa shape index (κ1) is 25.8. The van der Waals surface area contributed by atoms with Crippen LogP contribution in [-0.2, 0) is 20.1 Å². The Morgan fingerprint density at radius 1 is 1.12 bits per heavy atom. The van der Waals surface area contributed by atoms with Crippen LogP contribution in [0.25, 0.3) is 0 Å². The van der Waals surface area contributed by atoms with Crippen LogP contribution in [0.15, 0.2) is 59.6 Å². The minimum atomic E-state index is 0. The van der Waals surface area contributed by atoms with Crippen molar-refractivity contribution in [2.24, 2.45) is 12.0 Å². The molecule has 1 aromatic heterocycles. The first-order valence-corrected chi connectivity index (χ1v) is 11.4. The fraction of sp³-hybridized carbons (Fsp3) is 0.400. The SMILES string of the molecule is COc1ccc(CN=C(NCc2nnc(C)n2C)NC2CCCN(c3ccccc3)C2)cc1.I. The van der Waals surface area contributed by atoms with E-state index in [4.69, 9.17) is 9.73 Å². The molecule has 8 nitrogen and oxygen atoms in total. The molecule has 4 rings (SSSR count). The van der Waals surface area contributed by atoms with E-state index in [1.54, 1.807) is 7.11 Å². The van der Waals surface area contributed by atoms with Crippen LogP contribution in [0.5, 0.6) is 5.75 Å². The molecule has 3 aromatic rings. The molecule has 9 heteroatoms. The second-order valence-corrected chi connectivity index (χ2v) is 8.35. The summed E-state index contributed by atoms with van der Waals surface area (Å²) in [5.41, 5.74) is 2.39. The highest BCUT2D eigenvalue weighted by Gasteiger charge is 2.21. The van der Waals surface area contributed by atoms with Gasteiger partial charge in [0.25, 0.3) is 0 Å². The fourth-order valence-electron chi connectivity index (χ4n) is 3.98. The van der Waals surface area contributed by atoms with Gasteiger partial charge < -0.3 is 24.8 Å². The molecule has 0 aliphatic carbocycles. The highest BCUT2D eigenvalue weighted by molar-refractivity contribution is 14.0. The lowest BCUT2D eigenvalue weighted by Crippen LogP contribution is -2.51. The molecule has 1 unspecified atom stereocenters. The Balaban J connectivity index is 0.00000324. The van der Waals surface area contributed by atoms with Crippen LogP contribution in [0.1, 0.15) is 30.1 Å². The van der Waals surface area contributed by atoms with Crippen LogP contribution in [0.3, 0.4) is 0 Å². The zero-order valence-corrected chi connectivity index (χ0v) is 22.4. The maximum absolute atomic E-state index is 5.26. The normalized spacial score (nSPS) is 16.0. The molecule has 2 aromatic carbocycles. The number of para-hydroxylation sites is 1. The number of methoxy groups -OCH3 is 1. The lowest BCUT2D eigenvalue weighted by atomic mass is 10.1. The zero-order valence-electron chi connectivity index (χ0n) is 20.1. The number of halogens is 1. The Morgan fingerprint density at radius 2 is 1.88 bits per heavy atom. The summed E-state index contributed by atoms with van der Waals surface area (Å²) in [4.78, 5) is 7.31. The van der Waals surface area contributed by atoms with E-state index in [9.17, 15) is 0 Å². The number of aliphatic imine (C=N–C) groups is 1. The molecule has 1 fully saturated rings. The van der Waals surface area contributed by atoms with E-state index >= 15 is 0 Å². The number of rotatable bonds is 7. The Labute approximate surface area is 218 Å². The van der Waals surface area contributed by atoms with Crippen LogP contribution < -0.4 is 20.3 Å². The molecule has 0 bridgehead atoms. The van der Waals surface area contributed by atoms with E-state index in [2.05, 4.69) is 56.1 Å². The summed E-state index contributed by atoms with van der Waals surface area (Å²) in [5, 5.41) is 15.5. The van der Waals surface area contributed by atoms with E-state index in [1.165, 1.54) is 5.69 Å². The number of ether oxygens (including phenoxy) is 1. The van der Waals surface area contributed by atoms with E-state index in [0.29, 0.717) is 19.1 Å². The highest BCUT2D eigenvalue weighted by Crippen LogP contribution is 2.19. The number of anilines is 1. The number of nitrogens with zero attached hydrogens (tertiary/aromatic N) is 5. The number of hydrogen-bond acceptors (Lipinski definition) is 5. The van der Waals surface area contributed by atoms with Gasteiger partial charge in [-0.1, -0.05) is 30.3 Å². The first-order chi connectivity index (χ1) is 16.1. The number of nitrogens with one attached hydrogen (secondary N) is 2. The van der Waals surface area contributed by atoms with E-state index in [-0.39, 0.29) is 24.0 Å². The lowest BCUT2D eigenvalue weighted by molar-refractivity contribution is 0.414. The number of hydrogen-bond donors (Lipinski definition) is 2. The van der Waals surface area contributed by atoms with Crippen molar-refractivity contribution in [2.45, 2.75) is 38.9 Å². The second-order valence-electron chi connectivity index (χ2n) is 8.35. The summed E-state index contributed by atoms with van der Waals surface area (Å²) in [6.07, 6.45) is 2.25. The molecule has 1 saturated heterocycles. The van der Waals surface area contributed by atoms with Crippen molar-refractivity contribution in [2.75, 3.05) is 25.1 Å². The molecular formula is C25H34IN7O. The summed E-state index contributed by atoms with van der Waals surface area (Å²) in [6, 6.07) is 18.9. The maximum Gasteiger partial charge on any atom is 0.192 e. The standard InChI is InChI=1S/C25H33N7O.HI/c1-19-29-30-24(31(19)2)17-27-25(26-16-20-11-13-23(33-3)14-12-20)28-21-8-7-15-32(18-21)22-9-5-4-6-10-22;/h4-6,9-14,21H,7-8,15-18H2,1-3H3,(H2,26,27,28);1H. The van der Waals surface area contributed by atoms with Gasteiger partial charge in [-0.3, -0.25) is 0 Å². The van der Waals surface area contributed by atoms with Crippen LogP contribution in [-0.4, -0.2) is 47.0 Å². The predicted octanol–water partition coefficient (Wildman–Crippen LogP) is 3.65. The summed E-state index contributed by atoms with van der Waals surface area (Å²) in [7, 11) is 3.66. The monoisotopic (exact) mass is 575 g/mol. The van der Waals surface area contributed by atoms with Gasteiger partial charge in [-0.2, -0.15) is 0 Å². The van der Waals surface area contributed by atoms with Gasteiger partial charge in [0.05, 0.1) is 20.2 Å². The van der Waals surface area contributed by atoms with Crippen LogP contribution in [0, 0.1) is 6.92 Å². The molecule has 2 heterocycles. The smallest absolute Gasteiger partial charge is 0.192 e. The van der Waals surface area contributed by atoms with Gasteiger partial charge in [-0.15, -0.1) is 34.2 Å². The molecule has 0 radical (unpaired) electrons. The second kappa shape index (κ2) is 12.6. The Morgan fingerprint density at radius 3 is 2.56 bits per heavy atom. The number of piperidine rings is 1. The topological polar surface area (TPSA) is 79.6 Å². The van der Waals surface area contributed by atoms with Crippen LogP contribution in [0.4, 0.5) is 5.69 Å². The third kappa shape index (κ3) is 6.85. The van der Waals surface area contributed by atoms with Gasteiger partial charge in [0.1, 0.15) is 11.6 Å². The highest BCUT2D eigenvalue weighted by atomic mass is 127. The van der Waals surface area contributed by atoms with Crippen molar-refractivity contribution in [1.82, 2.24) is 25.4 Å². The van der Waals surface area contributed by atoms with Gasteiger partial charge in [-0.05, 0) is 49.6 Å². The number of benzene rings is 2. The molecule has 0 saturated carbocycles. The van der Waals surface area contributed by atoms with E-state index < -0.39 is 0 Å². The average Bonchev–Trinajstić information content (AvgIpc) is 3.19. The molecule has 1 aliphatic heterocycles. The third-order valence-corrected chi connectivity index (χ3v) is 6.06. The van der Waals surface area contributed by atoms with Crippen molar-refractivity contribution in [3.8, 4) is 5.75 Å². The predicted molar refractivity (Wildman–Crippen MR) is 147 cm³/mol. The molecule has 34 heavy (non-hydrogen) atoms. The largest absolute Gasteiger partial charge is 0.497 e. The van der Waals surface area contributed by atoms with Crippen LogP contribution >= 0.6 is 24.0 Å². The molecule has 182 valence electrons. The summed E-state index contributed by atoms with van der Waals surface area (Å²) in [6.45, 7) is 5.10. The number of aromatic nitrogens is 3. The summed E-state index contributed by atoms with van der Waals surface area (Å²) in [5.74, 6) is 3.40. The van der Waals surface area contributed by atoms with E-state index in [0.717, 1.165) is 54.9 Å². The Hall–Kier alpha value is -2.82. The first-order valence-electron chi connectivity index (χ1n) is 11.4. The van der Waals surface area contributed by atoms with Crippen molar-refractivity contribution in [3.05, 3.63) is 71.8 Å². The number of guanidine groups is 1. The number of aryl methyl sites for hydroxylation is 1. The zero-order chi connectivity index (χ0) is 23.0. The van der Waals surface area contributed by atoms with Crippen molar-refractivity contribution >= 4 is 35.6 Å². The van der Waals surface area contributed by atoms with Gasteiger partial charge in [0.15, 0.2) is 11.8 Å². The quantitative estimate of drug-likeness (QED) is 0.255. The van der Waals surface area contributed by atoms with Gasteiger partial charge >= 0.3 is 0 Å². The molecule has 0 amide bonds. The summed E-state index contributed by atoms with van der Waals surface area (Å²) >= 11 is 0. The lowest BCUT2D eigenvalue weighted by Gasteiger charge is -2.35. The molecular weight excluding hydrogens is 541 g/mol. The summed E-state index contributed by atoms with van der Waals surface area (Å²) < 4.78 is 7.25. The fourth-order valence-corrected chi connectivity index (χ4v) is 3.98. The van der Waals surface area contributed by atoms with Crippen LogP contribution in [0.2, 0.25) is 0 Å². The Kier molecular flexibility index (Phi) is 9.55. The van der Waals surface area contributed by atoms with Crippen molar-refractivity contribution in [1.29, 1.82) is 0 Å². The Bertz CT molecular complexity index is 1050. The van der Waals surface area contributed by atoms with Gasteiger partial charge in [-0.25, -0.2) is 4.99 Å². The van der Waals surface area contributed by atoms with Crippen molar-refractivity contribution < 1.29 is 4.74 Å². The molecule has 1 atom stereocenters. The maximum atomic E-state index is 5.26. The van der Waals surface area contributed by atoms with Gasteiger partial charge in [0.2, 0.25) is 0 Å². The minimum absolute atomic E-state index is 0.